The number of nitrogens with zero attached hydrogens (tertiary/aromatic N) is 1. The van der Waals surface area contributed by atoms with Gasteiger partial charge in [0.2, 0.25) is 0 Å². The Hall–Kier alpha value is -1.62. The molecule has 0 spiro atoms. The summed E-state index contributed by atoms with van der Waals surface area (Å²) < 4.78 is 5.48. The van der Waals surface area contributed by atoms with Gasteiger partial charge < -0.3 is 15.2 Å². The molecule has 1 aromatic heterocycles. The van der Waals surface area contributed by atoms with Crippen LogP contribution >= 0.6 is 0 Å². The van der Waals surface area contributed by atoms with Crippen molar-refractivity contribution in [2.24, 2.45) is 0 Å². The van der Waals surface area contributed by atoms with Gasteiger partial charge in [0.1, 0.15) is 5.82 Å². The van der Waals surface area contributed by atoms with Gasteiger partial charge in [-0.3, -0.25) is 0 Å². The van der Waals surface area contributed by atoms with Crippen LogP contribution in [-0.2, 0) is 4.74 Å². The number of pyridine rings is 1. The maximum atomic E-state index is 11.1. The van der Waals surface area contributed by atoms with Gasteiger partial charge in [-0.2, -0.15) is 0 Å². The number of ether oxygens (including phenoxy) is 1. The van der Waals surface area contributed by atoms with Gasteiger partial charge in [0.05, 0.1) is 5.56 Å². The van der Waals surface area contributed by atoms with Crippen molar-refractivity contribution in [2.45, 2.75) is 46.0 Å². The molecule has 5 nitrogen and oxygen atoms in total. The Labute approximate surface area is 126 Å². The van der Waals surface area contributed by atoms with E-state index in [9.17, 15) is 4.79 Å². The Morgan fingerprint density at radius 2 is 2.05 bits per heavy atom. The smallest absolute Gasteiger partial charge is 0.335 e. The third-order valence-electron chi connectivity index (χ3n) is 3.10. The van der Waals surface area contributed by atoms with Crippen molar-refractivity contribution in [1.82, 2.24) is 4.98 Å². The second kappa shape index (κ2) is 9.34. The molecule has 5 heteroatoms. The van der Waals surface area contributed by atoms with E-state index >= 15 is 0 Å². The number of unbranched alkanes of at least 4 members (excludes halogenated alkanes) is 1. The van der Waals surface area contributed by atoms with E-state index in [0.29, 0.717) is 12.4 Å². The minimum absolute atomic E-state index is 0.197. The molecule has 0 radical (unpaired) electrons. The predicted octanol–water partition coefficient (Wildman–Crippen LogP) is 3.52. The van der Waals surface area contributed by atoms with Gasteiger partial charge in [-0.05, 0) is 30.9 Å². The number of aromatic carboxylic acids is 1. The Kier molecular flexibility index (Phi) is 7.75. The summed E-state index contributed by atoms with van der Waals surface area (Å²) in [4.78, 5) is 15.6. The van der Waals surface area contributed by atoms with Crippen molar-refractivity contribution in [1.29, 1.82) is 0 Å². The topological polar surface area (TPSA) is 71.5 Å². The van der Waals surface area contributed by atoms with Crippen molar-refractivity contribution in [3.05, 3.63) is 23.4 Å². The molecular formula is C16H26N2O3. The molecule has 0 unspecified atom stereocenters. The Bertz CT molecular complexity index is 447. The second-order valence-electron chi connectivity index (χ2n) is 5.37. The number of nitrogens with one attached hydrogen (secondary N) is 1. The third kappa shape index (κ3) is 6.58. The number of carboxylic acids is 1. The van der Waals surface area contributed by atoms with Gasteiger partial charge in [-0.15, -0.1) is 0 Å². The Morgan fingerprint density at radius 3 is 2.67 bits per heavy atom. The van der Waals surface area contributed by atoms with Crippen LogP contribution in [0, 0.1) is 0 Å². The summed E-state index contributed by atoms with van der Waals surface area (Å²) in [6.07, 6.45) is 3.11. The molecule has 1 rings (SSSR count). The molecule has 0 bridgehead atoms. The number of hydrogen-bond acceptors (Lipinski definition) is 4. The van der Waals surface area contributed by atoms with Crippen molar-refractivity contribution in [2.75, 3.05) is 25.1 Å². The largest absolute Gasteiger partial charge is 0.478 e. The van der Waals surface area contributed by atoms with Crippen molar-refractivity contribution in [3.8, 4) is 0 Å². The van der Waals surface area contributed by atoms with Crippen LogP contribution in [0.4, 0.5) is 5.82 Å². The van der Waals surface area contributed by atoms with Crippen LogP contribution in [0.1, 0.15) is 62.0 Å². The fraction of sp³-hybridized carbons (Fsp3) is 0.625. The van der Waals surface area contributed by atoms with Crippen LogP contribution < -0.4 is 5.32 Å². The van der Waals surface area contributed by atoms with E-state index in [1.165, 1.54) is 0 Å². The fourth-order valence-electron chi connectivity index (χ4n) is 1.80. The fourth-order valence-corrected chi connectivity index (χ4v) is 1.80. The van der Waals surface area contributed by atoms with Crippen molar-refractivity contribution < 1.29 is 14.6 Å². The summed E-state index contributed by atoms with van der Waals surface area (Å²) in [6, 6.07) is 3.21. The number of hydrogen-bond donors (Lipinski definition) is 2. The van der Waals surface area contributed by atoms with Crippen LogP contribution in [0.5, 0.6) is 0 Å². The zero-order valence-corrected chi connectivity index (χ0v) is 13.2. The number of carbonyl (C=O) groups is 1. The van der Waals surface area contributed by atoms with Gasteiger partial charge in [-0.1, -0.05) is 27.2 Å². The number of anilines is 1. The zero-order valence-electron chi connectivity index (χ0n) is 13.2. The maximum Gasteiger partial charge on any atom is 0.335 e. The van der Waals surface area contributed by atoms with E-state index in [-0.39, 0.29) is 11.5 Å². The molecule has 0 aliphatic carbocycles. The monoisotopic (exact) mass is 294 g/mol. The SMILES string of the molecule is CCCCOCCCNc1cc(C(=O)O)cc(C(C)C)n1. The van der Waals surface area contributed by atoms with E-state index in [2.05, 4.69) is 17.2 Å². The van der Waals surface area contributed by atoms with E-state index in [1.807, 2.05) is 13.8 Å². The van der Waals surface area contributed by atoms with E-state index in [0.717, 1.165) is 38.1 Å². The molecule has 1 aromatic rings. The van der Waals surface area contributed by atoms with Gasteiger partial charge >= 0.3 is 5.97 Å². The van der Waals surface area contributed by atoms with Gasteiger partial charge in [0.25, 0.3) is 0 Å². The predicted molar refractivity (Wildman–Crippen MR) is 84.1 cm³/mol. The Morgan fingerprint density at radius 1 is 1.33 bits per heavy atom. The lowest BCUT2D eigenvalue weighted by Gasteiger charge is -2.11. The number of rotatable bonds is 10. The van der Waals surface area contributed by atoms with Gasteiger partial charge in [0, 0.05) is 25.5 Å². The highest BCUT2D eigenvalue weighted by Crippen LogP contribution is 2.17. The highest BCUT2D eigenvalue weighted by atomic mass is 16.5. The quantitative estimate of drug-likeness (QED) is 0.646. The average Bonchev–Trinajstić information content (AvgIpc) is 2.46. The van der Waals surface area contributed by atoms with Crippen LogP contribution in [0.3, 0.4) is 0 Å². The molecule has 0 aliphatic rings. The first-order chi connectivity index (χ1) is 10.0. The molecule has 0 fully saturated rings. The van der Waals surface area contributed by atoms with Crippen LogP contribution in [-0.4, -0.2) is 35.8 Å². The van der Waals surface area contributed by atoms with Gasteiger partial charge in [0.15, 0.2) is 0 Å². The molecule has 0 atom stereocenters. The minimum Gasteiger partial charge on any atom is -0.478 e. The van der Waals surface area contributed by atoms with E-state index in [1.54, 1.807) is 12.1 Å². The zero-order chi connectivity index (χ0) is 15.7. The molecule has 2 N–H and O–H groups in total. The summed E-state index contributed by atoms with van der Waals surface area (Å²) in [7, 11) is 0. The summed E-state index contributed by atoms with van der Waals surface area (Å²) in [5.74, 6) is -0.111. The molecule has 0 saturated carbocycles. The first-order valence-corrected chi connectivity index (χ1v) is 7.61. The highest BCUT2D eigenvalue weighted by molar-refractivity contribution is 5.88. The standard InChI is InChI=1S/C16H26N2O3/c1-4-5-8-21-9-6-7-17-15-11-13(16(19)20)10-14(18-15)12(2)3/h10-12H,4-9H2,1-3H3,(H,17,18)(H,19,20). The van der Waals surface area contributed by atoms with E-state index in [4.69, 9.17) is 9.84 Å². The summed E-state index contributed by atoms with van der Waals surface area (Å²) >= 11 is 0. The van der Waals surface area contributed by atoms with Crippen molar-refractivity contribution in [3.63, 3.8) is 0 Å². The molecule has 0 amide bonds. The lowest BCUT2D eigenvalue weighted by Crippen LogP contribution is -2.10. The average molecular weight is 294 g/mol. The van der Waals surface area contributed by atoms with Crippen molar-refractivity contribution >= 4 is 11.8 Å². The minimum atomic E-state index is -0.926. The summed E-state index contributed by atoms with van der Waals surface area (Å²) in [5.41, 5.74) is 1.06. The number of aromatic nitrogens is 1. The first-order valence-electron chi connectivity index (χ1n) is 7.61. The maximum absolute atomic E-state index is 11.1. The Balaban J connectivity index is 2.48. The molecule has 21 heavy (non-hydrogen) atoms. The molecule has 118 valence electrons. The summed E-state index contributed by atoms with van der Waals surface area (Å²) in [6.45, 7) is 8.38. The molecular weight excluding hydrogens is 268 g/mol. The molecule has 0 aliphatic heterocycles. The lowest BCUT2D eigenvalue weighted by molar-refractivity contribution is 0.0696. The molecule has 0 saturated heterocycles. The summed E-state index contributed by atoms with van der Waals surface area (Å²) in [5, 5.41) is 12.3. The highest BCUT2D eigenvalue weighted by Gasteiger charge is 2.10. The van der Waals surface area contributed by atoms with Gasteiger partial charge in [-0.25, -0.2) is 9.78 Å². The molecule has 1 heterocycles. The number of carboxylic acid groups (broad SMARTS) is 1. The second-order valence-corrected chi connectivity index (χ2v) is 5.37. The van der Waals surface area contributed by atoms with Crippen LogP contribution in [0.25, 0.3) is 0 Å². The third-order valence-corrected chi connectivity index (χ3v) is 3.10. The lowest BCUT2D eigenvalue weighted by atomic mass is 10.1. The first kappa shape index (κ1) is 17.4. The molecule has 0 aromatic carbocycles. The van der Waals surface area contributed by atoms with Crippen LogP contribution in [0.15, 0.2) is 12.1 Å². The normalized spacial score (nSPS) is 10.9. The van der Waals surface area contributed by atoms with Crippen LogP contribution in [0.2, 0.25) is 0 Å². The van der Waals surface area contributed by atoms with E-state index < -0.39 is 5.97 Å².